The smallest absolute Gasteiger partial charge is 0.303 e. The lowest BCUT2D eigenvalue weighted by Gasteiger charge is -2.26. The summed E-state index contributed by atoms with van der Waals surface area (Å²) in [5.41, 5.74) is 2.60. The normalized spacial score (nSPS) is 20.4. The summed E-state index contributed by atoms with van der Waals surface area (Å²) in [7, 11) is 0. The number of imide groups is 1. The lowest BCUT2D eigenvalue weighted by atomic mass is 10.0. The molecule has 0 radical (unpaired) electrons. The van der Waals surface area contributed by atoms with Crippen molar-refractivity contribution < 1.29 is 19.2 Å². The quantitative estimate of drug-likeness (QED) is 0.133. The number of hydrazone groups is 2. The van der Waals surface area contributed by atoms with Crippen molar-refractivity contribution in [3.63, 3.8) is 0 Å². The van der Waals surface area contributed by atoms with Crippen LogP contribution >= 0.6 is 45.3 Å². The van der Waals surface area contributed by atoms with Crippen LogP contribution in [0.15, 0.2) is 111 Å². The second-order valence-corrected chi connectivity index (χ2v) is 16.2. The van der Waals surface area contributed by atoms with Crippen molar-refractivity contribution in [3.8, 4) is 0 Å². The lowest BCUT2D eigenvalue weighted by molar-refractivity contribution is -0.139. The van der Waals surface area contributed by atoms with Gasteiger partial charge in [-0.3, -0.25) is 19.3 Å². The van der Waals surface area contributed by atoms with Crippen LogP contribution in [0, 0.1) is 0 Å². The molecule has 51 heavy (non-hydrogen) atoms. The van der Waals surface area contributed by atoms with Crippen molar-refractivity contribution in [1.29, 1.82) is 0 Å². The summed E-state index contributed by atoms with van der Waals surface area (Å²) in [6.07, 6.45) is 1.89. The zero-order chi connectivity index (χ0) is 34.9. The monoisotopic (exact) mass is 752 g/mol. The first-order chi connectivity index (χ1) is 24.9. The van der Waals surface area contributed by atoms with Gasteiger partial charge in [0.25, 0.3) is 17.7 Å². The molecule has 5 aromatic rings. The van der Waals surface area contributed by atoms with Crippen molar-refractivity contribution in [3.05, 3.63) is 125 Å². The number of carbonyl (C=O) groups is 4. The molecule has 7 heterocycles. The Bertz CT molecular complexity index is 2080. The number of rotatable bonds is 11. The minimum absolute atomic E-state index is 0.298. The molecule has 3 atom stereocenters. The van der Waals surface area contributed by atoms with Crippen LogP contribution in [-0.4, -0.2) is 74.1 Å². The number of thiophene rings is 4. The first kappa shape index (κ1) is 33.4. The fourth-order valence-corrected chi connectivity index (χ4v) is 9.81. The third kappa shape index (κ3) is 6.71. The highest BCUT2D eigenvalue weighted by molar-refractivity contribution is 7.12. The van der Waals surface area contributed by atoms with E-state index < -0.39 is 30.4 Å². The summed E-state index contributed by atoms with van der Waals surface area (Å²) in [5.74, 6) is -1.34. The Morgan fingerprint density at radius 2 is 1.18 bits per heavy atom. The Kier molecular flexibility index (Phi) is 9.47. The molecule has 0 saturated carbocycles. The minimum atomic E-state index is -0.921. The zero-order valence-electron chi connectivity index (χ0n) is 27.2. The van der Waals surface area contributed by atoms with E-state index in [1.54, 1.807) is 34.0 Å². The molecule has 0 unspecified atom stereocenters. The summed E-state index contributed by atoms with van der Waals surface area (Å²) >= 11 is 6.20. The molecule has 4 aromatic heterocycles. The first-order valence-corrected chi connectivity index (χ1v) is 20.1. The number of aryl methyl sites for hydroxylation is 1. The average molecular weight is 753 g/mol. The van der Waals surface area contributed by atoms with Gasteiger partial charge >= 0.3 is 6.03 Å². The molecule has 1 saturated heterocycles. The van der Waals surface area contributed by atoms with Crippen molar-refractivity contribution >= 4 is 80.5 Å². The number of benzene rings is 1. The van der Waals surface area contributed by atoms with Gasteiger partial charge in [-0.2, -0.15) is 10.2 Å². The van der Waals surface area contributed by atoms with Crippen LogP contribution in [0.4, 0.5) is 4.79 Å². The van der Waals surface area contributed by atoms with E-state index in [-0.39, 0.29) is 24.5 Å². The number of nitrogens with zero attached hydrogens (tertiary/aromatic N) is 6. The highest BCUT2D eigenvalue weighted by atomic mass is 32.1. The van der Waals surface area contributed by atoms with E-state index in [1.165, 1.54) is 26.3 Å². The third-order valence-electron chi connectivity index (χ3n) is 9.24. The number of hydrogen-bond donors (Lipinski definition) is 0. The minimum Gasteiger partial charge on any atom is -0.303 e. The van der Waals surface area contributed by atoms with Crippen molar-refractivity contribution in [2.45, 2.75) is 43.8 Å². The Labute approximate surface area is 310 Å². The topological polar surface area (TPSA) is 106 Å². The Hall–Kier alpha value is -4.76. The molecule has 258 valence electrons. The fourth-order valence-electron chi connectivity index (χ4n) is 6.74. The van der Waals surface area contributed by atoms with Gasteiger partial charge < -0.3 is 4.90 Å². The largest absolute Gasteiger partial charge is 0.328 e. The predicted molar refractivity (Wildman–Crippen MR) is 201 cm³/mol. The zero-order valence-corrected chi connectivity index (χ0v) is 30.5. The summed E-state index contributed by atoms with van der Waals surface area (Å²) in [6.45, 7) is -0.824. The van der Waals surface area contributed by atoms with Crippen LogP contribution in [0.1, 0.15) is 56.4 Å². The van der Waals surface area contributed by atoms with Gasteiger partial charge in [0.1, 0.15) is 19.1 Å². The standard InChI is InChI=1S/C37H32N6O4S4/c44-34(42-28(32-12-6-18-50-32)20-25(38-42)30-10-4-16-48-30)22-40-27(15-14-24-8-2-1-3-9-24)36(46)41(37(40)47)23-35(45)43-29(33-13-7-19-51-33)21-26(39-43)31-11-5-17-49-31/h1-13,16-19,27-29H,14-15,20-23H2/t27-,28+,29+/m0/s1. The summed E-state index contributed by atoms with van der Waals surface area (Å²) in [5, 5.41) is 20.2. The van der Waals surface area contributed by atoms with E-state index in [4.69, 9.17) is 10.2 Å². The van der Waals surface area contributed by atoms with Gasteiger partial charge in [-0.25, -0.2) is 14.8 Å². The summed E-state index contributed by atoms with van der Waals surface area (Å²) in [4.78, 5) is 62.8. The predicted octanol–water partition coefficient (Wildman–Crippen LogP) is 7.25. The van der Waals surface area contributed by atoms with Gasteiger partial charge in [-0.05, 0) is 64.2 Å². The SMILES string of the molecule is O=C1[C@H](CCc2ccccc2)N(CC(=O)N2N=C(c3cccs3)C[C@@H]2c2cccs2)C(=O)N1CC(=O)N1N=C(c2cccs2)C[C@@H]1c1cccs1. The molecule has 1 aromatic carbocycles. The molecule has 5 amide bonds. The molecule has 3 aliphatic heterocycles. The molecule has 0 N–H and O–H groups in total. The van der Waals surface area contributed by atoms with Gasteiger partial charge in [0.05, 0.1) is 33.3 Å². The number of amides is 5. The molecular weight excluding hydrogens is 721 g/mol. The number of urea groups is 1. The molecule has 10 nitrogen and oxygen atoms in total. The molecular formula is C37H32N6O4S4. The molecule has 0 spiro atoms. The molecule has 1 fully saturated rings. The van der Waals surface area contributed by atoms with E-state index in [9.17, 15) is 19.2 Å². The van der Waals surface area contributed by atoms with E-state index in [1.807, 2.05) is 100 Å². The second-order valence-electron chi connectivity index (χ2n) is 12.4. The maximum Gasteiger partial charge on any atom is 0.328 e. The molecule has 0 bridgehead atoms. The van der Waals surface area contributed by atoms with Gasteiger partial charge in [0.15, 0.2) is 0 Å². The fraction of sp³-hybridized carbons (Fsp3) is 0.243. The van der Waals surface area contributed by atoms with Crippen molar-refractivity contribution in [1.82, 2.24) is 19.8 Å². The van der Waals surface area contributed by atoms with Crippen LogP contribution in [-0.2, 0) is 20.8 Å². The lowest BCUT2D eigenvalue weighted by Crippen LogP contribution is -2.44. The maximum absolute atomic E-state index is 14.2. The maximum atomic E-state index is 14.2. The summed E-state index contributed by atoms with van der Waals surface area (Å²) < 4.78 is 0. The Balaban J connectivity index is 1.06. The molecule has 3 aliphatic rings. The Morgan fingerprint density at radius 3 is 1.69 bits per heavy atom. The third-order valence-corrected chi connectivity index (χ3v) is 13.0. The molecule has 0 aliphatic carbocycles. The van der Waals surface area contributed by atoms with Gasteiger partial charge in [0, 0.05) is 22.6 Å². The highest BCUT2D eigenvalue weighted by Gasteiger charge is 2.48. The van der Waals surface area contributed by atoms with E-state index in [0.29, 0.717) is 25.7 Å². The van der Waals surface area contributed by atoms with E-state index in [2.05, 4.69) is 0 Å². The van der Waals surface area contributed by atoms with Crippen LogP contribution in [0.2, 0.25) is 0 Å². The number of hydrogen-bond acceptors (Lipinski definition) is 10. The number of carbonyl (C=O) groups excluding carboxylic acids is 4. The first-order valence-electron chi connectivity index (χ1n) is 16.5. The molecule has 8 rings (SSSR count). The highest BCUT2D eigenvalue weighted by Crippen LogP contribution is 2.38. The summed E-state index contributed by atoms with van der Waals surface area (Å²) in [6, 6.07) is 23.1. The Morgan fingerprint density at radius 1 is 0.647 bits per heavy atom. The molecule has 14 heteroatoms. The van der Waals surface area contributed by atoms with Gasteiger partial charge in [0.2, 0.25) is 0 Å². The van der Waals surface area contributed by atoms with E-state index in [0.717, 1.165) is 41.4 Å². The van der Waals surface area contributed by atoms with Gasteiger partial charge in [-0.15, -0.1) is 45.3 Å². The second kappa shape index (κ2) is 14.5. The van der Waals surface area contributed by atoms with Gasteiger partial charge in [-0.1, -0.05) is 54.6 Å². The van der Waals surface area contributed by atoms with Crippen LogP contribution < -0.4 is 0 Å². The van der Waals surface area contributed by atoms with Crippen molar-refractivity contribution in [2.75, 3.05) is 13.1 Å². The van der Waals surface area contributed by atoms with Crippen LogP contribution in [0.5, 0.6) is 0 Å². The van der Waals surface area contributed by atoms with E-state index >= 15 is 0 Å². The van der Waals surface area contributed by atoms with Crippen molar-refractivity contribution in [2.24, 2.45) is 10.2 Å². The van der Waals surface area contributed by atoms with Crippen LogP contribution in [0.3, 0.4) is 0 Å². The average Bonchev–Trinajstić information content (AvgIpc) is 4.00. The van der Waals surface area contributed by atoms with Crippen LogP contribution in [0.25, 0.3) is 0 Å².